The Balaban J connectivity index is 4.29. The van der Waals surface area contributed by atoms with Crippen molar-refractivity contribution in [2.24, 2.45) is 11.8 Å². The van der Waals surface area contributed by atoms with E-state index in [9.17, 15) is 9.59 Å². The van der Waals surface area contributed by atoms with Crippen molar-refractivity contribution in [3.63, 3.8) is 0 Å². The minimum Gasteiger partial charge on any atom is -0.348 e. The summed E-state index contributed by atoms with van der Waals surface area (Å²) in [5.74, 6) is 0.130. The zero-order chi connectivity index (χ0) is 13.6. The number of amides is 1. The van der Waals surface area contributed by atoms with Crippen LogP contribution in [0.3, 0.4) is 0 Å². The Kier molecular flexibility index (Phi) is 7.04. The molecular weight excluding hydrogens is 216 g/mol. The maximum absolute atomic E-state index is 11.9. The molecule has 0 saturated heterocycles. The Morgan fingerprint density at radius 3 is 1.88 bits per heavy atom. The number of ketones is 1. The number of rotatable bonds is 7. The van der Waals surface area contributed by atoms with Crippen LogP contribution < -0.4 is 10.6 Å². The Labute approximate surface area is 105 Å². The van der Waals surface area contributed by atoms with E-state index in [0.29, 0.717) is 0 Å². The van der Waals surface area contributed by atoms with E-state index < -0.39 is 0 Å². The number of hydrogen-bond donors (Lipinski definition) is 2. The predicted molar refractivity (Wildman–Crippen MR) is 69.8 cm³/mol. The van der Waals surface area contributed by atoms with Gasteiger partial charge in [0.2, 0.25) is 5.91 Å². The van der Waals surface area contributed by atoms with Crippen molar-refractivity contribution in [2.75, 3.05) is 6.54 Å². The molecule has 1 amide bonds. The van der Waals surface area contributed by atoms with Crippen molar-refractivity contribution in [1.29, 1.82) is 0 Å². The average Bonchev–Trinajstić information content (AvgIpc) is 2.21. The highest BCUT2D eigenvalue weighted by Crippen LogP contribution is 2.03. The second-order valence-electron chi connectivity index (χ2n) is 5.38. The fourth-order valence-electron chi connectivity index (χ4n) is 1.42. The van der Waals surface area contributed by atoms with Gasteiger partial charge in [-0.1, -0.05) is 41.5 Å². The first-order valence-electron chi connectivity index (χ1n) is 6.32. The van der Waals surface area contributed by atoms with Crippen molar-refractivity contribution in [2.45, 2.75) is 53.6 Å². The molecule has 0 radical (unpaired) electrons. The van der Waals surface area contributed by atoms with E-state index in [2.05, 4.69) is 10.6 Å². The highest BCUT2D eigenvalue weighted by Gasteiger charge is 2.23. The number of Topliss-reactive ketones (excluding diaryl/α,β-unsaturated/α-hetero) is 1. The molecule has 0 aromatic heterocycles. The molecule has 0 aliphatic heterocycles. The minimum absolute atomic E-state index is 0.0362. The smallest absolute Gasteiger partial charge is 0.237 e. The van der Waals surface area contributed by atoms with Crippen LogP contribution in [0.5, 0.6) is 0 Å². The van der Waals surface area contributed by atoms with Crippen LogP contribution in [0.4, 0.5) is 0 Å². The molecule has 0 bridgehead atoms. The lowest BCUT2D eigenvalue weighted by molar-refractivity contribution is -0.128. The van der Waals surface area contributed by atoms with Gasteiger partial charge in [0, 0.05) is 12.0 Å². The largest absolute Gasteiger partial charge is 0.348 e. The number of nitrogens with one attached hydrogen (secondary N) is 2. The number of carbonyl (C=O) groups excluding carboxylic acids is 2. The molecule has 17 heavy (non-hydrogen) atoms. The molecule has 0 heterocycles. The van der Waals surface area contributed by atoms with E-state index >= 15 is 0 Å². The molecule has 0 rings (SSSR count). The summed E-state index contributed by atoms with van der Waals surface area (Å²) < 4.78 is 0. The molecule has 1 atom stereocenters. The SMILES string of the molecule is CC(C)N[C@H](C(=O)NCC(=O)C(C)C)C(C)C. The van der Waals surface area contributed by atoms with Gasteiger partial charge >= 0.3 is 0 Å². The second kappa shape index (κ2) is 7.43. The zero-order valence-electron chi connectivity index (χ0n) is 11.8. The van der Waals surface area contributed by atoms with Gasteiger partial charge in [0.25, 0.3) is 0 Å². The van der Waals surface area contributed by atoms with Crippen LogP contribution in [0.15, 0.2) is 0 Å². The highest BCUT2D eigenvalue weighted by molar-refractivity contribution is 5.89. The molecule has 0 aliphatic carbocycles. The Hall–Kier alpha value is -0.900. The lowest BCUT2D eigenvalue weighted by Gasteiger charge is -2.23. The highest BCUT2D eigenvalue weighted by atomic mass is 16.2. The van der Waals surface area contributed by atoms with Crippen LogP contribution in [0.2, 0.25) is 0 Å². The summed E-state index contributed by atoms with van der Waals surface area (Å²) in [6, 6.07) is 0.00362. The van der Waals surface area contributed by atoms with E-state index in [0.717, 1.165) is 0 Å². The van der Waals surface area contributed by atoms with Gasteiger partial charge in [0.15, 0.2) is 5.78 Å². The van der Waals surface area contributed by atoms with Crippen LogP contribution in [0.25, 0.3) is 0 Å². The fraction of sp³-hybridized carbons (Fsp3) is 0.846. The van der Waals surface area contributed by atoms with Gasteiger partial charge in [-0.2, -0.15) is 0 Å². The van der Waals surface area contributed by atoms with Crippen molar-refractivity contribution in [3.8, 4) is 0 Å². The first-order valence-corrected chi connectivity index (χ1v) is 6.32. The van der Waals surface area contributed by atoms with Crippen molar-refractivity contribution >= 4 is 11.7 Å². The van der Waals surface area contributed by atoms with E-state index in [1.54, 1.807) is 0 Å². The maximum Gasteiger partial charge on any atom is 0.237 e. The average molecular weight is 242 g/mol. The van der Waals surface area contributed by atoms with E-state index in [1.807, 2.05) is 41.5 Å². The third-order valence-corrected chi connectivity index (χ3v) is 2.54. The van der Waals surface area contributed by atoms with E-state index in [1.165, 1.54) is 0 Å². The Bertz CT molecular complexity index is 260. The fourth-order valence-corrected chi connectivity index (χ4v) is 1.42. The predicted octanol–water partition coefficient (Wildman–Crippen LogP) is 1.35. The molecule has 4 nitrogen and oxygen atoms in total. The normalized spacial score (nSPS) is 13.2. The summed E-state index contributed by atoms with van der Waals surface area (Å²) in [5, 5.41) is 5.91. The standard InChI is InChI=1S/C13H26N2O2/c1-8(2)11(16)7-14-13(17)12(9(3)4)15-10(5)6/h8-10,12,15H,7H2,1-6H3,(H,14,17)/t12-/m0/s1. The topological polar surface area (TPSA) is 58.2 Å². The molecular formula is C13H26N2O2. The molecule has 2 N–H and O–H groups in total. The molecule has 0 aliphatic rings. The molecule has 0 aromatic rings. The summed E-state index contributed by atoms with van der Waals surface area (Å²) >= 11 is 0. The molecule has 100 valence electrons. The van der Waals surface area contributed by atoms with Crippen molar-refractivity contribution < 1.29 is 9.59 Å². The van der Waals surface area contributed by atoms with Crippen LogP contribution in [-0.4, -0.2) is 30.3 Å². The van der Waals surface area contributed by atoms with Crippen LogP contribution in [0, 0.1) is 11.8 Å². The lowest BCUT2D eigenvalue weighted by Crippen LogP contribution is -2.50. The van der Waals surface area contributed by atoms with E-state index in [4.69, 9.17) is 0 Å². The summed E-state index contributed by atoms with van der Waals surface area (Å²) in [7, 11) is 0. The Morgan fingerprint density at radius 1 is 1.00 bits per heavy atom. The number of carbonyl (C=O) groups is 2. The monoisotopic (exact) mass is 242 g/mol. The number of hydrogen-bond acceptors (Lipinski definition) is 3. The van der Waals surface area contributed by atoms with Gasteiger partial charge in [0.1, 0.15) is 0 Å². The van der Waals surface area contributed by atoms with Crippen LogP contribution >= 0.6 is 0 Å². The van der Waals surface area contributed by atoms with Gasteiger partial charge in [-0.3, -0.25) is 9.59 Å². The molecule has 0 aromatic carbocycles. The Morgan fingerprint density at radius 2 is 1.53 bits per heavy atom. The summed E-state index contributed by atoms with van der Waals surface area (Å²) in [5.41, 5.74) is 0. The first-order chi connectivity index (χ1) is 7.75. The summed E-state index contributed by atoms with van der Waals surface area (Å²) in [6.45, 7) is 11.8. The lowest BCUT2D eigenvalue weighted by atomic mass is 10.0. The molecule has 0 fully saturated rings. The third kappa shape index (κ3) is 6.41. The quantitative estimate of drug-likeness (QED) is 0.708. The van der Waals surface area contributed by atoms with Crippen LogP contribution in [0.1, 0.15) is 41.5 Å². The van der Waals surface area contributed by atoms with Crippen molar-refractivity contribution in [3.05, 3.63) is 0 Å². The zero-order valence-corrected chi connectivity index (χ0v) is 11.8. The molecule has 0 spiro atoms. The van der Waals surface area contributed by atoms with Gasteiger partial charge < -0.3 is 10.6 Å². The second-order valence-corrected chi connectivity index (χ2v) is 5.38. The van der Waals surface area contributed by atoms with Crippen molar-refractivity contribution in [1.82, 2.24) is 10.6 Å². The van der Waals surface area contributed by atoms with E-state index in [-0.39, 0.29) is 42.2 Å². The van der Waals surface area contributed by atoms with Gasteiger partial charge in [-0.15, -0.1) is 0 Å². The molecule has 4 heteroatoms. The van der Waals surface area contributed by atoms with Gasteiger partial charge in [0.05, 0.1) is 12.6 Å². The summed E-state index contributed by atoms with van der Waals surface area (Å²) in [4.78, 5) is 23.3. The summed E-state index contributed by atoms with van der Waals surface area (Å²) in [6.07, 6.45) is 0. The minimum atomic E-state index is -0.241. The molecule has 0 unspecified atom stereocenters. The third-order valence-electron chi connectivity index (χ3n) is 2.54. The molecule has 0 saturated carbocycles. The van der Waals surface area contributed by atoms with Gasteiger partial charge in [-0.05, 0) is 5.92 Å². The first kappa shape index (κ1) is 16.1. The van der Waals surface area contributed by atoms with Gasteiger partial charge in [-0.25, -0.2) is 0 Å². The maximum atomic E-state index is 11.9. The van der Waals surface area contributed by atoms with Crippen LogP contribution in [-0.2, 0) is 9.59 Å².